The summed E-state index contributed by atoms with van der Waals surface area (Å²) in [6.07, 6.45) is 11.1. The van der Waals surface area contributed by atoms with Crippen LogP contribution in [0.4, 0.5) is 0 Å². The summed E-state index contributed by atoms with van der Waals surface area (Å²) in [6, 6.07) is 1.52. The summed E-state index contributed by atoms with van der Waals surface area (Å²) in [6.45, 7) is 13.4. The molecule has 2 heteroatoms. The van der Waals surface area contributed by atoms with Crippen molar-refractivity contribution in [3.05, 3.63) is 0 Å². The molecule has 0 bridgehead atoms. The highest BCUT2D eigenvalue weighted by atomic mass is 15.2. The van der Waals surface area contributed by atoms with Crippen molar-refractivity contribution in [2.45, 2.75) is 91.1 Å². The van der Waals surface area contributed by atoms with Crippen LogP contribution in [0.15, 0.2) is 0 Å². The average molecular weight is 295 g/mol. The third-order valence-electron chi connectivity index (χ3n) is 5.83. The van der Waals surface area contributed by atoms with Crippen LogP contribution in [0.3, 0.4) is 0 Å². The molecule has 2 unspecified atom stereocenters. The average Bonchev–Trinajstić information content (AvgIpc) is 2.46. The molecule has 0 radical (unpaired) electrons. The SMILES string of the molecule is CCCNC1CCC(C)(C)CC1N1CCC(CCC)CC1. The molecule has 2 fully saturated rings. The number of hydrogen-bond donors (Lipinski definition) is 1. The van der Waals surface area contributed by atoms with Crippen LogP contribution in [-0.2, 0) is 0 Å². The topological polar surface area (TPSA) is 15.3 Å². The van der Waals surface area contributed by atoms with Crippen molar-refractivity contribution < 1.29 is 0 Å². The Morgan fingerprint density at radius 2 is 1.76 bits per heavy atom. The van der Waals surface area contributed by atoms with Gasteiger partial charge in [-0.25, -0.2) is 0 Å². The van der Waals surface area contributed by atoms with E-state index in [4.69, 9.17) is 0 Å². The quantitative estimate of drug-likeness (QED) is 0.779. The Morgan fingerprint density at radius 1 is 1.05 bits per heavy atom. The molecule has 2 atom stereocenters. The smallest absolute Gasteiger partial charge is 0.0254 e. The van der Waals surface area contributed by atoms with Gasteiger partial charge < -0.3 is 5.32 Å². The Labute approximate surface area is 133 Å². The van der Waals surface area contributed by atoms with Crippen molar-refractivity contribution in [1.82, 2.24) is 10.2 Å². The van der Waals surface area contributed by atoms with Crippen molar-refractivity contribution in [2.24, 2.45) is 11.3 Å². The van der Waals surface area contributed by atoms with Crippen molar-refractivity contribution >= 4 is 0 Å². The molecule has 0 aromatic carbocycles. The lowest BCUT2D eigenvalue weighted by Gasteiger charge is -2.48. The van der Waals surface area contributed by atoms with E-state index < -0.39 is 0 Å². The second-order valence-electron chi connectivity index (χ2n) is 8.30. The standard InChI is InChI=1S/C19H38N2/c1-5-7-16-9-13-21(14-10-16)18-15-19(3,4)11-8-17(18)20-12-6-2/h16-18,20H,5-15H2,1-4H3. The van der Waals surface area contributed by atoms with Crippen LogP contribution in [0.1, 0.15) is 79.1 Å². The van der Waals surface area contributed by atoms with Crippen molar-refractivity contribution in [2.75, 3.05) is 19.6 Å². The van der Waals surface area contributed by atoms with Gasteiger partial charge in [-0.3, -0.25) is 4.90 Å². The zero-order valence-corrected chi connectivity index (χ0v) is 15.0. The molecule has 21 heavy (non-hydrogen) atoms. The van der Waals surface area contributed by atoms with Crippen LogP contribution in [0.2, 0.25) is 0 Å². The minimum absolute atomic E-state index is 0.537. The Kier molecular flexibility index (Phi) is 6.55. The van der Waals surface area contributed by atoms with E-state index in [1.54, 1.807) is 0 Å². The van der Waals surface area contributed by atoms with E-state index in [2.05, 4.69) is 37.9 Å². The summed E-state index contributed by atoms with van der Waals surface area (Å²) in [7, 11) is 0. The van der Waals surface area contributed by atoms with E-state index >= 15 is 0 Å². The number of piperidine rings is 1. The Bertz CT molecular complexity index is 292. The molecule has 0 aromatic heterocycles. The molecule has 2 nitrogen and oxygen atoms in total. The maximum Gasteiger partial charge on any atom is 0.0254 e. The normalized spacial score (nSPS) is 31.4. The van der Waals surface area contributed by atoms with E-state index in [-0.39, 0.29) is 0 Å². The lowest BCUT2D eigenvalue weighted by atomic mass is 9.72. The maximum atomic E-state index is 3.85. The minimum atomic E-state index is 0.537. The number of nitrogens with zero attached hydrogens (tertiary/aromatic N) is 1. The lowest BCUT2D eigenvalue weighted by Crippen LogP contribution is -2.56. The van der Waals surface area contributed by atoms with Gasteiger partial charge in [0.1, 0.15) is 0 Å². The monoisotopic (exact) mass is 294 g/mol. The Balaban J connectivity index is 1.92. The fourth-order valence-electron chi connectivity index (χ4n) is 4.48. The second kappa shape index (κ2) is 7.97. The number of hydrogen-bond acceptors (Lipinski definition) is 2. The van der Waals surface area contributed by atoms with Crippen LogP contribution in [-0.4, -0.2) is 36.6 Å². The molecule has 1 aliphatic carbocycles. The van der Waals surface area contributed by atoms with E-state index in [9.17, 15) is 0 Å². The zero-order chi connectivity index (χ0) is 15.3. The molecular formula is C19H38N2. The highest BCUT2D eigenvalue weighted by molar-refractivity contribution is 4.95. The van der Waals surface area contributed by atoms with Crippen LogP contribution in [0.5, 0.6) is 0 Å². The molecule has 124 valence electrons. The number of nitrogens with one attached hydrogen (secondary N) is 1. The molecule has 2 aliphatic rings. The predicted octanol–water partition coefficient (Wildman–Crippen LogP) is 4.45. The van der Waals surface area contributed by atoms with Crippen LogP contribution in [0.25, 0.3) is 0 Å². The third kappa shape index (κ3) is 4.96. The van der Waals surface area contributed by atoms with Gasteiger partial charge in [-0.1, -0.05) is 40.5 Å². The third-order valence-corrected chi connectivity index (χ3v) is 5.83. The summed E-state index contributed by atoms with van der Waals surface area (Å²) in [4.78, 5) is 2.83. The van der Waals surface area contributed by atoms with Crippen LogP contribution >= 0.6 is 0 Å². The van der Waals surface area contributed by atoms with Crippen molar-refractivity contribution in [3.8, 4) is 0 Å². The van der Waals surface area contributed by atoms with Gasteiger partial charge >= 0.3 is 0 Å². The first-order valence-corrected chi connectivity index (χ1v) is 9.53. The van der Waals surface area contributed by atoms with Gasteiger partial charge in [-0.15, -0.1) is 0 Å². The molecule has 0 aromatic rings. The van der Waals surface area contributed by atoms with Gasteiger partial charge in [0.15, 0.2) is 0 Å². The van der Waals surface area contributed by atoms with E-state index in [0.717, 1.165) is 18.0 Å². The molecule has 1 aliphatic heterocycles. The van der Waals surface area contributed by atoms with Gasteiger partial charge in [0.25, 0.3) is 0 Å². The van der Waals surface area contributed by atoms with E-state index in [1.165, 1.54) is 71.0 Å². The Hall–Kier alpha value is -0.0800. The first kappa shape index (κ1) is 17.3. The van der Waals surface area contributed by atoms with Gasteiger partial charge in [0, 0.05) is 12.1 Å². The number of likely N-dealkylation sites (tertiary alicyclic amines) is 1. The summed E-state index contributed by atoms with van der Waals surface area (Å²) < 4.78 is 0. The Morgan fingerprint density at radius 3 is 2.38 bits per heavy atom. The summed E-state index contributed by atoms with van der Waals surface area (Å²) >= 11 is 0. The molecule has 1 saturated carbocycles. The van der Waals surface area contributed by atoms with Gasteiger partial charge in [-0.05, 0) is 69.5 Å². The molecule has 1 heterocycles. The first-order chi connectivity index (χ1) is 10.1. The molecule has 1 saturated heterocycles. The van der Waals surface area contributed by atoms with Crippen LogP contribution in [0, 0.1) is 11.3 Å². The zero-order valence-electron chi connectivity index (χ0n) is 15.0. The molecule has 0 spiro atoms. The summed E-state index contributed by atoms with van der Waals surface area (Å²) in [5, 5.41) is 3.85. The highest BCUT2D eigenvalue weighted by Gasteiger charge is 2.38. The van der Waals surface area contributed by atoms with Gasteiger partial charge in [-0.2, -0.15) is 0 Å². The molecule has 1 N–H and O–H groups in total. The van der Waals surface area contributed by atoms with Crippen molar-refractivity contribution in [1.29, 1.82) is 0 Å². The molecule has 0 amide bonds. The molecular weight excluding hydrogens is 256 g/mol. The second-order valence-corrected chi connectivity index (χ2v) is 8.30. The summed E-state index contributed by atoms with van der Waals surface area (Å²) in [5.74, 6) is 1.00. The van der Waals surface area contributed by atoms with Gasteiger partial charge in [0.05, 0.1) is 0 Å². The minimum Gasteiger partial charge on any atom is -0.312 e. The van der Waals surface area contributed by atoms with E-state index in [1.807, 2.05) is 0 Å². The van der Waals surface area contributed by atoms with Crippen LogP contribution < -0.4 is 5.32 Å². The highest BCUT2D eigenvalue weighted by Crippen LogP contribution is 2.38. The fourth-order valence-corrected chi connectivity index (χ4v) is 4.48. The van der Waals surface area contributed by atoms with Gasteiger partial charge in [0.2, 0.25) is 0 Å². The number of rotatable bonds is 6. The van der Waals surface area contributed by atoms with E-state index in [0.29, 0.717) is 5.41 Å². The largest absolute Gasteiger partial charge is 0.312 e. The van der Waals surface area contributed by atoms with Crippen molar-refractivity contribution in [3.63, 3.8) is 0 Å². The fraction of sp³-hybridized carbons (Fsp3) is 1.00. The summed E-state index contributed by atoms with van der Waals surface area (Å²) in [5.41, 5.74) is 0.537. The first-order valence-electron chi connectivity index (χ1n) is 9.53. The molecule has 2 rings (SSSR count). The lowest BCUT2D eigenvalue weighted by molar-refractivity contribution is 0.0403. The maximum absolute atomic E-state index is 3.85. The predicted molar refractivity (Wildman–Crippen MR) is 92.7 cm³/mol.